The Morgan fingerprint density at radius 1 is 0.516 bits per heavy atom. The summed E-state index contributed by atoms with van der Waals surface area (Å²) < 4.78 is 18.2. The van der Waals surface area contributed by atoms with E-state index in [1.54, 1.807) is 0 Å². The second-order valence-corrected chi connectivity index (χ2v) is 25.2. The molecule has 6 heteroatoms. The number of carbonyl (C=O) groups excluding carboxylic acids is 3. The first kappa shape index (κ1) is 64.5. The molecule has 0 aliphatic heterocycles. The van der Waals surface area contributed by atoms with Crippen LogP contribution in [0.5, 0.6) is 0 Å². The Hall–Kier alpha value is -1.59. The van der Waals surface area contributed by atoms with E-state index in [2.05, 4.69) is 76.2 Å². The first-order valence-corrected chi connectivity index (χ1v) is 24.1. The minimum absolute atomic E-state index is 0. The van der Waals surface area contributed by atoms with Crippen molar-refractivity contribution >= 4 is 17.9 Å². The highest BCUT2D eigenvalue weighted by Crippen LogP contribution is 2.74. The number of hydrogen-bond donors (Lipinski definition) is 0. The number of fused-ring (bicyclic) bond motifs is 5. The van der Waals surface area contributed by atoms with E-state index in [1.807, 2.05) is 48.5 Å². The summed E-state index contributed by atoms with van der Waals surface area (Å²) in [6.45, 7) is 39.1. The van der Waals surface area contributed by atoms with Gasteiger partial charge in [0.15, 0.2) is 0 Å². The second kappa shape index (κ2) is 21.0. The number of hydrogen-bond acceptors (Lipinski definition) is 6. The molecule has 0 heterocycles. The summed E-state index contributed by atoms with van der Waals surface area (Å²) in [5.74, 6) is 4.25. The maximum Gasteiger partial charge on any atom is 0.312 e. The van der Waals surface area contributed by atoms with E-state index >= 15 is 0 Å². The van der Waals surface area contributed by atoms with Crippen LogP contribution in [0.1, 0.15) is 265 Å². The number of rotatable bonds is 9. The van der Waals surface area contributed by atoms with Crippen LogP contribution in [-0.4, -0.2) is 34.7 Å². The molecule has 7 saturated carbocycles. The van der Waals surface area contributed by atoms with Crippen LogP contribution in [0, 0.1) is 73.4 Å². The molecule has 6 bridgehead atoms. The van der Waals surface area contributed by atoms with E-state index in [0.717, 1.165) is 56.3 Å². The van der Waals surface area contributed by atoms with Crippen LogP contribution in [0.3, 0.4) is 0 Å². The zero-order chi connectivity index (χ0) is 43.9. The first-order chi connectivity index (χ1) is 26.4. The van der Waals surface area contributed by atoms with Crippen molar-refractivity contribution in [2.75, 3.05) is 0 Å². The van der Waals surface area contributed by atoms with E-state index in [-0.39, 0.29) is 112 Å². The number of carbonyl (C=O) groups is 3. The summed E-state index contributed by atoms with van der Waals surface area (Å²) in [5, 5.41) is 0. The lowest BCUT2D eigenvalue weighted by molar-refractivity contribution is -0.186. The molecule has 0 saturated heterocycles. The van der Waals surface area contributed by atoms with Gasteiger partial charge in [0, 0.05) is 11.3 Å². The molecule has 11 unspecified atom stereocenters. The van der Waals surface area contributed by atoms with Gasteiger partial charge in [0.25, 0.3) is 0 Å². The number of esters is 3. The Labute approximate surface area is 400 Å². The largest absolute Gasteiger partial charge is 0.459 e. The minimum atomic E-state index is -0.371. The van der Waals surface area contributed by atoms with Gasteiger partial charge in [-0.1, -0.05) is 107 Å². The van der Waals surface area contributed by atoms with Crippen molar-refractivity contribution in [2.45, 2.75) is 282 Å². The summed E-state index contributed by atoms with van der Waals surface area (Å²) in [5.41, 5.74) is -0.590. The van der Waals surface area contributed by atoms with Gasteiger partial charge >= 0.3 is 17.9 Å². The molecule has 0 aromatic heterocycles. The van der Waals surface area contributed by atoms with E-state index in [1.165, 1.54) is 57.8 Å². The molecule has 11 atom stereocenters. The Balaban J connectivity index is 0. The SMILES string of the molecule is C.C.C.C.C.C.CCC(C)(C)C(=O)OC1(C)CC2CCC1(C)C2(C)C.CCC(C)(C)C(=O)OC1(C)CC2CCC1C2.CCC(C)(C)C(=O)OC1(C)CCC23CC1C(C)(C)C2CCC3C. The van der Waals surface area contributed by atoms with Gasteiger partial charge in [0.05, 0.1) is 16.2 Å². The van der Waals surface area contributed by atoms with Crippen LogP contribution in [-0.2, 0) is 28.6 Å². The predicted octanol–water partition coefficient (Wildman–Crippen LogP) is 17.5. The molecule has 0 aromatic carbocycles. The number of ether oxygens (including phenoxy) is 3. The van der Waals surface area contributed by atoms with E-state index in [0.29, 0.717) is 23.2 Å². The van der Waals surface area contributed by atoms with Crippen molar-refractivity contribution in [3.05, 3.63) is 0 Å². The summed E-state index contributed by atoms with van der Waals surface area (Å²) in [7, 11) is 0. The van der Waals surface area contributed by atoms with Gasteiger partial charge in [0.1, 0.15) is 16.8 Å². The molecule has 7 aliphatic carbocycles. The van der Waals surface area contributed by atoms with E-state index < -0.39 is 0 Å². The normalized spacial score (nSPS) is 37.6. The van der Waals surface area contributed by atoms with Crippen molar-refractivity contribution in [3.8, 4) is 0 Å². The van der Waals surface area contributed by atoms with Gasteiger partial charge in [-0.25, -0.2) is 0 Å². The maximum absolute atomic E-state index is 12.7. The van der Waals surface area contributed by atoms with Crippen molar-refractivity contribution < 1.29 is 28.6 Å². The fraction of sp³-hybridized carbons (Fsp3) is 0.948. The van der Waals surface area contributed by atoms with Gasteiger partial charge in [-0.15, -0.1) is 0 Å². The van der Waals surface area contributed by atoms with Crippen molar-refractivity contribution in [3.63, 3.8) is 0 Å². The topological polar surface area (TPSA) is 78.9 Å². The molecule has 1 spiro atoms. The molecule has 0 amide bonds. The molecule has 7 aliphatic rings. The monoisotopic (exact) mass is 907 g/mol. The van der Waals surface area contributed by atoms with Crippen LogP contribution in [0.4, 0.5) is 0 Å². The van der Waals surface area contributed by atoms with Crippen LogP contribution in [0.2, 0.25) is 0 Å². The molecule has 382 valence electrons. The third-order valence-electron chi connectivity index (χ3n) is 20.4. The van der Waals surface area contributed by atoms with Crippen LogP contribution in [0.25, 0.3) is 0 Å². The smallest absolute Gasteiger partial charge is 0.312 e. The average molecular weight is 908 g/mol. The summed E-state index contributed by atoms with van der Waals surface area (Å²) in [6.07, 6.45) is 17.3. The van der Waals surface area contributed by atoms with Crippen molar-refractivity contribution in [1.82, 2.24) is 0 Å². The lowest BCUT2D eigenvalue weighted by Crippen LogP contribution is -2.49. The average Bonchev–Trinajstić information content (AvgIpc) is 3.93. The maximum atomic E-state index is 12.7. The Bertz CT molecular complexity index is 1550. The molecule has 64 heavy (non-hydrogen) atoms. The molecule has 6 nitrogen and oxygen atoms in total. The molecule has 0 aromatic rings. The zero-order valence-corrected chi connectivity index (χ0v) is 41.0. The first-order valence-electron chi connectivity index (χ1n) is 24.1. The third kappa shape index (κ3) is 10.5. The minimum Gasteiger partial charge on any atom is -0.459 e. The lowest BCUT2D eigenvalue weighted by atomic mass is 9.64. The highest BCUT2D eigenvalue weighted by molar-refractivity contribution is 5.77. The third-order valence-corrected chi connectivity index (χ3v) is 20.4. The van der Waals surface area contributed by atoms with E-state index in [9.17, 15) is 14.4 Å². The summed E-state index contributed by atoms with van der Waals surface area (Å²) in [6, 6.07) is 0. The van der Waals surface area contributed by atoms with E-state index in [4.69, 9.17) is 14.2 Å². The summed E-state index contributed by atoms with van der Waals surface area (Å²) >= 11 is 0. The van der Waals surface area contributed by atoms with Crippen molar-refractivity contribution in [1.29, 1.82) is 0 Å². The predicted molar refractivity (Wildman–Crippen MR) is 276 cm³/mol. The molecular weight excluding hydrogens is 793 g/mol. The highest BCUT2D eigenvalue weighted by atomic mass is 16.6. The molecule has 7 fully saturated rings. The van der Waals surface area contributed by atoms with Crippen LogP contribution >= 0.6 is 0 Å². The molecular formula is C58H114O6. The zero-order valence-electron chi connectivity index (χ0n) is 41.0. The Morgan fingerprint density at radius 2 is 0.984 bits per heavy atom. The summed E-state index contributed by atoms with van der Waals surface area (Å²) in [4.78, 5) is 37.3. The second-order valence-electron chi connectivity index (χ2n) is 25.2. The fourth-order valence-electron chi connectivity index (χ4n) is 13.9. The van der Waals surface area contributed by atoms with Crippen LogP contribution < -0.4 is 0 Å². The Kier molecular flexibility index (Phi) is 21.1. The van der Waals surface area contributed by atoms with Gasteiger partial charge in [0.2, 0.25) is 0 Å². The van der Waals surface area contributed by atoms with Crippen molar-refractivity contribution in [2.24, 2.45) is 73.4 Å². The van der Waals surface area contributed by atoms with Gasteiger partial charge in [-0.05, 0) is 204 Å². The van der Waals surface area contributed by atoms with Gasteiger partial charge < -0.3 is 14.2 Å². The quantitative estimate of drug-likeness (QED) is 0.169. The molecule has 0 N–H and O–H groups in total. The molecule has 0 radical (unpaired) electrons. The highest BCUT2D eigenvalue weighted by Gasteiger charge is 2.70. The standard InChI is InChI=1S/C21H36O2.C17H30O2.C14H24O2.6CH4/c1-8-18(3,4)17(22)23-20(7)11-12-21-13-16(20)19(5,6)15(21)10-9-14(21)2;1-8-14(2,3)13(18)19-17(7)11-12-9-10-16(17,6)15(12,4)5;1-5-13(2,3)12(15)16-14(4)9-10-6-7-11(14)8-10;;;;;;/h14-16H,8-13H2,1-7H3;12H,8-11H2,1-7H3;10-11H,5-9H2,1-4H3;6*1H4. The van der Waals surface area contributed by atoms with Gasteiger partial charge in [-0.3, -0.25) is 14.4 Å². The molecule has 7 rings (SSSR count). The van der Waals surface area contributed by atoms with Crippen LogP contribution in [0.15, 0.2) is 0 Å². The van der Waals surface area contributed by atoms with Gasteiger partial charge in [-0.2, -0.15) is 0 Å². The fourth-order valence-corrected chi connectivity index (χ4v) is 13.9. The Morgan fingerprint density at radius 3 is 1.38 bits per heavy atom. The lowest BCUT2D eigenvalue weighted by Gasteiger charge is -2.47.